The molecule has 0 unspecified atom stereocenters. The molecule has 0 radical (unpaired) electrons. The Balaban J connectivity index is 0. The Morgan fingerprint density at radius 3 is 1.09 bits per heavy atom. The van der Waals surface area contributed by atoms with Gasteiger partial charge in [0.1, 0.15) is 0 Å². The van der Waals surface area contributed by atoms with E-state index < -0.39 is 20.2 Å². The Labute approximate surface area is 85.8 Å². The van der Waals surface area contributed by atoms with Crippen LogP contribution in [0.4, 0.5) is 0 Å². The van der Waals surface area contributed by atoms with Crippen LogP contribution in [-0.4, -0.2) is 55.5 Å². The van der Waals surface area contributed by atoms with Gasteiger partial charge in [-0.05, 0) is 0 Å². The summed E-state index contributed by atoms with van der Waals surface area (Å²) in [5, 5.41) is 1.80. The minimum absolute atomic E-state index is 0. The standard InChI is InChI=1S/C2H2O6S2.Na.H/c3-9(4,5)1-2-10(6,7)8;;/h(H,3,4,5)(H,6,7,8);;. The van der Waals surface area contributed by atoms with Crippen LogP contribution >= 0.6 is 0 Å². The van der Waals surface area contributed by atoms with E-state index in [2.05, 4.69) is 0 Å². The van der Waals surface area contributed by atoms with Crippen molar-refractivity contribution in [1.82, 2.24) is 0 Å². The van der Waals surface area contributed by atoms with Gasteiger partial charge in [0, 0.05) is 0 Å². The molecule has 0 fully saturated rings. The van der Waals surface area contributed by atoms with E-state index in [9.17, 15) is 16.8 Å². The third kappa shape index (κ3) is 13.4. The van der Waals surface area contributed by atoms with Crippen molar-refractivity contribution < 1.29 is 25.9 Å². The van der Waals surface area contributed by atoms with Gasteiger partial charge in [0.2, 0.25) is 0 Å². The summed E-state index contributed by atoms with van der Waals surface area (Å²) in [5.41, 5.74) is 0. The summed E-state index contributed by atoms with van der Waals surface area (Å²) in [6.45, 7) is 0. The maximum absolute atomic E-state index is 9.68. The van der Waals surface area contributed by atoms with Crippen molar-refractivity contribution in [2.45, 2.75) is 0 Å². The average molecular weight is 210 g/mol. The second-order valence-corrected chi connectivity index (χ2v) is 3.46. The van der Waals surface area contributed by atoms with Crippen molar-refractivity contribution in [3.05, 3.63) is 0 Å². The van der Waals surface area contributed by atoms with E-state index in [4.69, 9.17) is 9.11 Å². The Morgan fingerprint density at radius 1 is 0.818 bits per heavy atom. The van der Waals surface area contributed by atoms with Crippen molar-refractivity contribution in [3.8, 4) is 10.5 Å². The van der Waals surface area contributed by atoms with Crippen LogP contribution in [-0.2, 0) is 20.2 Å². The van der Waals surface area contributed by atoms with Crippen molar-refractivity contribution in [3.63, 3.8) is 0 Å². The Morgan fingerprint density at radius 2 is 1.00 bits per heavy atom. The van der Waals surface area contributed by atoms with Crippen LogP contribution < -0.4 is 0 Å². The molecule has 0 spiro atoms. The molecule has 0 heterocycles. The van der Waals surface area contributed by atoms with Crippen LogP contribution in [0.3, 0.4) is 0 Å². The van der Waals surface area contributed by atoms with Gasteiger partial charge < -0.3 is 0 Å². The summed E-state index contributed by atoms with van der Waals surface area (Å²) in [7, 11) is -9.32. The molecule has 2 N–H and O–H groups in total. The van der Waals surface area contributed by atoms with Gasteiger partial charge in [-0.3, -0.25) is 9.11 Å². The summed E-state index contributed by atoms with van der Waals surface area (Å²) in [5.74, 6) is 0. The molecule has 0 saturated carbocycles. The van der Waals surface area contributed by atoms with E-state index >= 15 is 0 Å². The van der Waals surface area contributed by atoms with E-state index in [1.54, 1.807) is 0 Å². The second-order valence-electron chi connectivity index (χ2n) is 1.15. The SMILES string of the molecule is O=S(=O)(O)C#CS(=O)(=O)O.[NaH]. The summed E-state index contributed by atoms with van der Waals surface area (Å²) in [4.78, 5) is 0. The second kappa shape index (κ2) is 4.42. The van der Waals surface area contributed by atoms with E-state index in [0.717, 1.165) is 10.5 Å². The van der Waals surface area contributed by atoms with Crippen molar-refractivity contribution in [2.75, 3.05) is 0 Å². The molecular weight excluding hydrogens is 207 g/mol. The van der Waals surface area contributed by atoms with Gasteiger partial charge in [0.05, 0.1) is 10.5 Å². The average Bonchev–Trinajstić information content (AvgIpc) is 1.57. The van der Waals surface area contributed by atoms with Crippen LogP contribution in [0.5, 0.6) is 0 Å². The number of hydrogen-bond donors (Lipinski definition) is 2. The molecule has 60 valence electrons. The first-order chi connectivity index (χ1) is 4.21. The summed E-state index contributed by atoms with van der Waals surface area (Å²) in [6.07, 6.45) is 0. The molecular formula is C2H3NaO6S2. The monoisotopic (exact) mass is 210 g/mol. The first-order valence-corrected chi connectivity index (χ1v) is 4.57. The molecule has 0 rings (SSSR count). The summed E-state index contributed by atoms with van der Waals surface area (Å²) >= 11 is 0. The van der Waals surface area contributed by atoms with Gasteiger partial charge in [-0.2, -0.15) is 16.8 Å². The predicted molar refractivity (Wildman–Crippen MR) is 38.0 cm³/mol. The fourth-order valence-electron chi connectivity index (χ4n) is 0.105. The topological polar surface area (TPSA) is 109 Å². The van der Waals surface area contributed by atoms with Crippen molar-refractivity contribution in [2.24, 2.45) is 0 Å². The van der Waals surface area contributed by atoms with Crippen molar-refractivity contribution >= 4 is 49.8 Å². The molecule has 0 bridgehead atoms. The Kier molecular flexibility index (Phi) is 5.60. The molecule has 0 aromatic rings. The zero-order valence-corrected chi connectivity index (χ0v) is 5.98. The van der Waals surface area contributed by atoms with Gasteiger partial charge in [-0.25, -0.2) is 0 Å². The fourth-order valence-corrected chi connectivity index (χ4v) is 0.948. The first kappa shape index (κ1) is 13.9. The molecule has 0 atom stereocenters. The Bertz CT molecular complexity index is 329. The summed E-state index contributed by atoms with van der Waals surface area (Å²) in [6, 6.07) is 0. The first-order valence-electron chi connectivity index (χ1n) is 1.69. The van der Waals surface area contributed by atoms with Gasteiger partial charge in [0.15, 0.2) is 0 Å². The Hall–Kier alpha value is 0.380. The molecule has 6 nitrogen and oxygen atoms in total. The zero-order valence-electron chi connectivity index (χ0n) is 4.34. The molecule has 0 saturated heterocycles. The van der Waals surface area contributed by atoms with Gasteiger partial charge in [0.25, 0.3) is 0 Å². The fraction of sp³-hybridized carbons (Fsp3) is 0. The molecule has 0 aliphatic heterocycles. The molecule has 0 aromatic carbocycles. The number of hydrogen-bond acceptors (Lipinski definition) is 4. The predicted octanol–water partition coefficient (Wildman–Crippen LogP) is -1.97. The molecule has 11 heavy (non-hydrogen) atoms. The quantitative estimate of drug-likeness (QED) is 0.273. The normalized spacial score (nSPS) is 10.7. The van der Waals surface area contributed by atoms with Gasteiger partial charge >= 0.3 is 49.8 Å². The third-order valence-electron chi connectivity index (χ3n) is 0.300. The van der Waals surface area contributed by atoms with E-state index in [1.807, 2.05) is 0 Å². The van der Waals surface area contributed by atoms with Gasteiger partial charge in [-0.15, -0.1) is 0 Å². The molecule has 9 heteroatoms. The molecule has 0 aliphatic carbocycles. The van der Waals surface area contributed by atoms with Crippen LogP contribution in [0, 0.1) is 10.5 Å². The van der Waals surface area contributed by atoms with Gasteiger partial charge in [-0.1, -0.05) is 0 Å². The van der Waals surface area contributed by atoms with E-state index in [0.29, 0.717) is 0 Å². The minimum atomic E-state index is -4.66. The molecule has 0 aromatic heterocycles. The van der Waals surface area contributed by atoms with Crippen LogP contribution in [0.2, 0.25) is 0 Å². The summed E-state index contributed by atoms with van der Waals surface area (Å²) < 4.78 is 54.3. The van der Waals surface area contributed by atoms with Crippen LogP contribution in [0.1, 0.15) is 0 Å². The third-order valence-corrected chi connectivity index (χ3v) is 1.15. The van der Waals surface area contributed by atoms with Crippen molar-refractivity contribution in [1.29, 1.82) is 0 Å². The molecule has 0 amide bonds. The zero-order chi connectivity index (χ0) is 8.41. The number of rotatable bonds is 0. The maximum atomic E-state index is 9.68. The van der Waals surface area contributed by atoms with E-state index in [1.165, 1.54) is 0 Å². The molecule has 0 aliphatic rings. The van der Waals surface area contributed by atoms with Crippen LogP contribution in [0.25, 0.3) is 0 Å². The van der Waals surface area contributed by atoms with Crippen LogP contribution in [0.15, 0.2) is 0 Å². The van der Waals surface area contributed by atoms with E-state index in [-0.39, 0.29) is 29.6 Å².